The first-order chi connectivity index (χ1) is 8.61. The van der Waals surface area contributed by atoms with Gasteiger partial charge in [0, 0.05) is 18.0 Å². The Labute approximate surface area is 112 Å². The number of carboxylic acids is 1. The lowest BCUT2D eigenvalue weighted by Gasteiger charge is -2.15. The topological polar surface area (TPSA) is 49.8 Å². The third-order valence-electron chi connectivity index (χ3n) is 2.51. The van der Waals surface area contributed by atoms with E-state index in [4.69, 9.17) is 9.84 Å². The fourth-order valence-electron chi connectivity index (χ4n) is 1.39. The van der Waals surface area contributed by atoms with E-state index in [2.05, 4.69) is 0 Å². The van der Waals surface area contributed by atoms with Gasteiger partial charge in [0.1, 0.15) is 12.4 Å². The standard InChI is InChI=1S/C13H19NO3S/c1-14(8-7-13(15)16)9-10-17-11-3-5-12(18-2)6-4-11/h3-6H,7-10H2,1-2H3,(H,15,16). The van der Waals surface area contributed by atoms with E-state index in [1.54, 1.807) is 11.8 Å². The Kier molecular flexibility index (Phi) is 6.60. The number of ether oxygens (including phenoxy) is 1. The van der Waals surface area contributed by atoms with Gasteiger partial charge in [-0.2, -0.15) is 0 Å². The van der Waals surface area contributed by atoms with Crippen LogP contribution in [0.15, 0.2) is 29.2 Å². The number of hydrogen-bond acceptors (Lipinski definition) is 4. The summed E-state index contributed by atoms with van der Waals surface area (Å²) in [7, 11) is 1.89. The molecule has 0 heterocycles. The molecule has 0 unspecified atom stereocenters. The number of benzene rings is 1. The molecule has 0 aliphatic heterocycles. The summed E-state index contributed by atoms with van der Waals surface area (Å²) >= 11 is 1.70. The van der Waals surface area contributed by atoms with Gasteiger partial charge in [-0.05, 0) is 37.6 Å². The van der Waals surface area contributed by atoms with Crippen molar-refractivity contribution in [2.45, 2.75) is 11.3 Å². The van der Waals surface area contributed by atoms with Crippen LogP contribution in [0.1, 0.15) is 6.42 Å². The second kappa shape index (κ2) is 8.00. The minimum Gasteiger partial charge on any atom is -0.492 e. The third-order valence-corrected chi connectivity index (χ3v) is 3.25. The van der Waals surface area contributed by atoms with E-state index in [0.717, 1.165) is 12.3 Å². The van der Waals surface area contributed by atoms with Gasteiger partial charge in [-0.25, -0.2) is 0 Å². The first-order valence-corrected chi connectivity index (χ1v) is 7.01. The van der Waals surface area contributed by atoms with E-state index in [1.165, 1.54) is 4.90 Å². The molecule has 1 aromatic rings. The van der Waals surface area contributed by atoms with Crippen LogP contribution >= 0.6 is 11.8 Å². The van der Waals surface area contributed by atoms with Gasteiger partial charge in [0.25, 0.3) is 0 Å². The zero-order chi connectivity index (χ0) is 13.4. The Balaban J connectivity index is 2.22. The van der Waals surface area contributed by atoms with Crippen LogP contribution in [-0.2, 0) is 4.79 Å². The first kappa shape index (κ1) is 14.9. The van der Waals surface area contributed by atoms with Crippen molar-refractivity contribution in [2.24, 2.45) is 0 Å². The maximum atomic E-state index is 10.4. The van der Waals surface area contributed by atoms with E-state index < -0.39 is 5.97 Å². The Morgan fingerprint density at radius 3 is 2.56 bits per heavy atom. The molecule has 0 aromatic heterocycles. The molecule has 0 aliphatic rings. The van der Waals surface area contributed by atoms with Gasteiger partial charge in [-0.15, -0.1) is 11.8 Å². The summed E-state index contributed by atoms with van der Waals surface area (Å²) in [5, 5.41) is 8.56. The minimum absolute atomic E-state index is 0.166. The van der Waals surface area contributed by atoms with Crippen LogP contribution < -0.4 is 4.74 Å². The van der Waals surface area contributed by atoms with Crippen molar-refractivity contribution >= 4 is 17.7 Å². The van der Waals surface area contributed by atoms with Gasteiger partial charge < -0.3 is 14.7 Å². The minimum atomic E-state index is -0.768. The van der Waals surface area contributed by atoms with Crippen LogP contribution in [0.5, 0.6) is 5.75 Å². The van der Waals surface area contributed by atoms with Gasteiger partial charge in [0.05, 0.1) is 6.42 Å². The lowest BCUT2D eigenvalue weighted by molar-refractivity contribution is -0.137. The molecule has 0 bridgehead atoms. The summed E-state index contributed by atoms with van der Waals surface area (Å²) in [5.41, 5.74) is 0. The van der Waals surface area contributed by atoms with Crippen LogP contribution in [-0.4, -0.2) is 49.0 Å². The molecule has 100 valence electrons. The maximum absolute atomic E-state index is 10.4. The molecule has 1 N–H and O–H groups in total. The molecule has 0 amide bonds. The molecule has 18 heavy (non-hydrogen) atoms. The van der Waals surface area contributed by atoms with Gasteiger partial charge in [-0.1, -0.05) is 0 Å². The molecule has 0 fully saturated rings. The molecule has 0 atom stereocenters. The molecule has 0 saturated carbocycles. The van der Waals surface area contributed by atoms with Crippen molar-refractivity contribution in [3.8, 4) is 5.75 Å². The molecule has 1 aromatic carbocycles. The number of hydrogen-bond donors (Lipinski definition) is 1. The van der Waals surface area contributed by atoms with Crippen LogP contribution in [0.3, 0.4) is 0 Å². The van der Waals surface area contributed by atoms with E-state index in [-0.39, 0.29) is 6.42 Å². The Bertz CT molecular complexity index is 367. The maximum Gasteiger partial charge on any atom is 0.304 e. The van der Waals surface area contributed by atoms with Crippen LogP contribution in [0.25, 0.3) is 0 Å². The summed E-state index contributed by atoms with van der Waals surface area (Å²) < 4.78 is 5.58. The molecule has 0 spiro atoms. The molecule has 4 nitrogen and oxygen atoms in total. The van der Waals surface area contributed by atoms with Crippen molar-refractivity contribution < 1.29 is 14.6 Å². The van der Waals surface area contributed by atoms with Gasteiger partial charge in [0.15, 0.2) is 0 Å². The number of thioether (sulfide) groups is 1. The highest BCUT2D eigenvalue weighted by molar-refractivity contribution is 7.98. The highest BCUT2D eigenvalue weighted by Crippen LogP contribution is 2.18. The molecular weight excluding hydrogens is 250 g/mol. The van der Waals surface area contributed by atoms with Gasteiger partial charge in [0.2, 0.25) is 0 Å². The van der Waals surface area contributed by atoms with Crippen LogP contribution in [0, 0.1) is 0 Å². The second-order valence-electron chi connectivity index (χ2n) is 3.97. The normalized spacial score (nSPS) is 10.6. The summed E-state index contributed by atoms with van der Waals surface area (Å²) in [6.07, 6.45) is 2.20. The van der Waals surface area contributed by atoms with E-state index in [1.807, 2.05) is 42.5 Å². The predicted octanol–water partition coefficient (Wildman–Crippen LogP) is 2.19. The lowest BCUT2D eigenvalue weighted by atomic mass is 10.3. The number of aliphatic carboxylic acids is 1. The molecular formula is C13H19NO3S. The third kappa shape index (κ3) is 5.93. The van der Waals surface area contributed by atoms with Gasteiger partial charge in [-0.3, -0.25) is 4.79 Å². The van der Waals surface area contributed by atoms with Gasteiger partial charge >= 0.3 is 5.97 Å². The van der Waals surface area contributed by atoms with E-state index in [9.17, 15) is 4.79 Å². The highest BCUT2D eigenvalue weighted by atomic mass is 32.2. The lowest BCUT2D eigenvalue weighted by Crippen LogP contribution is -2.26. The predicted molar refractivity (Wildman–Crippen MR) is 73.5 cm³/mol. The second-order valence-corrected chi connectivity index (χ2v) is 4.85. The highest BCUT2D eigenvalue weighted by Gasteiger charge is 2.02. The first-order valence-electron chi connectivity index (χ1n) is 5.79. The smallest absolute Gasteiger partial charge is 0.304 e. The zero-order valence-electron chi connectivity index (χ0n) is 10.8. The van der Waals surface area contributed by atoms with Crippen LogP contribution in [0.4, 0.5) is 0 Å². The average Bonchev–Trinajstić information content (AvgIpc) is 2.37. The zero-order valence-corrected chi connectivity index (χ0v) is 11.6. The number of carboxylic acid groups (broad SMARTS) is 1. The summed E-state index contributed by atoms with van der Waals surface area (Å²) in [5.74, 6) is 0.0786. The Morgan fingerprint density at radius 2 is 2.00 bits per heavy atom. The summed E-state index contributed by atoms with van der Waals surface area (Å²) in [6.45, 7) is 1.83. The van der Waals surface area contributed by atoms with Crippen molar-refractivity contribution in [3.63, 3.8) is 0 Å². The van der Waals surface area contributed by atoms with E-state index in [0.29, 0.717) is 13.2 Å². The average molecular weight is 269 g/mol. The number of likely N-dealkylation sites (N-methyl/N-ethyl adjacent to an activating group) is 1. The van der Waals surface area contributed by atoms with E-state index >= 15 is 0 Å². The monoisotopic (exact) mass is 269 g/mol. The molecule has 0 aliphatic carbocycles. The summed E-state index contributed by atoms with van der Waals surface area (Å²) in [6, 6.07) is 7.94. The Hall–Kier alpha value is -1.20. The van der Waals surface area contributed by atoms with Crippen molar-refractivity contribution in [1.29, 1.82) is 0 Å². The van der Waals surface area contributed by atoms with Crippen LogP contribution in [0.2, 0.25) is 0 Å². The fraction of sp³-hybridized carbons (Fsp3) is 0.462. The SMILES string of the molecule is CSc1ccc(OCCN(C)CCC(=O)O)cc1. The number of rotatable bonds is 8. The van der Waals surface area contributed by atoms with Crippen molar-refractivity contribution in [1.82, 2.24) is 4.90 Å². The number of carbonyl (C=O) groups is 1. The fourth-order valence-corrected chi connectivity index (χ4v) is 1.80. The molecule has 0 saturated heterocycles. The molecule has 0 radical (unpaired) electrons. The molecule has 1 rings (SSSR count). The quantitative estimate of drug-likeness (QED) is 0.733. The number of nitrogens with zero attached hydrogens (tertiary/aromatic N) is 1. The Morgan fingerprint density at radius 1 is 1.33 bits per heavy atom. The van der Waals surface area contributed by atoms with Crippen molar-refractivity contribution in [3.05, 3.63) is 24.3 Å². The van der Waals surface area contributed by atoms with Crippen molar-refractivity contribution in [2.75, 3.05) is 33.0 Å². The largest absolute Gasteiger partial charge is 0.492 e. The summed E-state index contributed by atoms with van der Waals surface area (Å²) in [4.78, 5) is 13.6. The molecule has 5 heteroatoms.